The maximum Gasteiger partial charge on any atom is 0.240 e. The molecule has 5 nitrogen and oxygen atoms in total. The van der Waals surface area contributed by atoms with Crippen LogP contribution in [0.2, 0.25) is 5.02 Å². The van der Waals surface area contributed by atoms with Crippen molar-refractivity contribution < 1.29 is 18.7 Å². The summed E-state index contributed by atoms with van der Waals surface area (Å²) in [4.78, 5) is 25.4. The van der Waals surface area contributed by atoms with Crippen LogP contribution < -0.4 is 15.0 Å². The molecular weight excluding hydrogens is 347 g/mol. The van der Waals surface area contributed by atoms with Gasteiger partial charge in [-0.05, 0) is 24.3 Å². The van der Waals surface area contributed by atoms with Gasteiger partial charge in [0.15, 0.2) is 0 Å². The molecule has 0 bridgehead atoms. The zero-order valence-corrected chi connectivity index (χ0v) is 14.6. The third-order valence-electron chi connectivity index (χ3n) is 3.55. The van der Waals surface area contributed by atoms with Crippen LogP contribution in [0.4, 0.5) is 10.1 Å². The van der Waals surface area contributed by atoms with Crippen LogP contribution in [-0.2, 0) is 16.1 Å². The molecule has 7 heteroatoms. The number of anilines is 1. The number of nitrogens with zero attached hydrogens (tertiary/aromatic N) is 1. The Morgan fingerprint density at radius 3 is 2.60 bits per heavy atom. The van der Waals surface area contributed by atoms with Crippen LogP contribution in [0.1, 0.15) is 12.5 Å². The molecular formula is C18H18ClFN2O3. The van der Waals surface area contributed by atoms with Crippen LogP contribution in [0.5, 0.6) is 5.75 Å². The largest absolute Gasteiger partial charge is 0.495 e. The average Bonchev–Trinajstić information content (AvgIpc) is 2.58. The number of halogens is 2. The Morgan fingerprint density at radius 2 is 1.96 bits per heavy atom. The Balaban J connectivity index is 2.11. The first-order valence-electron chi connectivity index (χ1n) is 7.54. The Labute approximate surface area is 150 Å². The molecule has 0 aliphatic heterocycles. The van der Waals surface area contributed by atoms with Gasteiger partial charge in [-0.15, -0.1) is 0 Å². The van der Waals surface area contributed by atoms with Crippen LogP contribution in [0.3, 0.4) is 0 Å². The zero-order chi connectivity index (χ0) is 18.4. The van der Waals surface area contributed by atoms with E-state index in [0.717, 1.165) is 0 Å². The van der Waals surface area contributed by atoms with Gasteiger partial charge in [0.1, 0.15) is 18.1 Å². The lowest BCUT2D eigenvalue weighted by molar-refractivity contribution is -0.123. The minimum Gasteiger partial charge on any atom is -0.495 e. The van der Waals surface area contributed by atoms with Crippen LogP contribution in [-0.4, -0.2) is 25.5 Å². The highest BCUT2D eigenvalue weighted by Crippen LogP contribution is 2.31. The molecule has 2 rings (SSSR count). The van der Waals surface area contributed by atoms with E-state index in [1.165, 1.54) is 25.0 Å². The average molecular weight is 365 g/mol. The Bertz CT molecular complexity index is 783. The molecule has 2 aromatic carbocycles. The van der Waals surface area contributed by atoms with Gasteiger partial charge in [-0.25, -0.2) is 4.39 Å². The molecule has 0 aliphatic rings. The summed E-state index contributed by atoms with van der Waals surface area (Å²) in [5.41, 5.74) is 0.758. The minimum atomic E-state index is -0.430. The van der Waals surface area contributed by atoms with E-state index in [1.807, 2.05) is 0 Å². The predicted molar refractivity (Wildman–Crippen MR) is 94.3 cm³/mol. The van der Waals surface area contributed by atoms with Crippen molar-refractivity contribution in [3.05, 3.63) is 58.9 Å². The van der Waals surface area contributed by atoms with Crippen LogP contribution in [0, 0.1) is 5.82 Å². The van der Waals surface area contributed by atoms with Gasteiger partial charge in [0, 0.05) is 24.1 Å². The number of hydrogen-bond donors (Lipinski definition) is 1. The monoisotopic (exact) mass is 364 g/mol. The van der Waals surface area contributed by atoms with Crippen molar-refractivity contribution in [1.82, 2.24) is 5.32 Å². The molecule has 0 saturated heterocycles. The topological polar surface area (TPSA) is 58.6 Å². The third-order valence-corrected chi connectivity index (χ3v) is 3.78. The lowest BCUT2D eigenvalue weighted by Crippen LogP contribution is -2.39. The van der Waals surface area contributed by atoms with Crippen LogP contribution >= 0.6 is 11.6 Å². The molecule has 132 valence electrons. The molecule has 0 radical (unpaired) electrons. The highest BCUT2D eigenvalue weighted by atomic mass is 35.5. The standard InChI is InChI=1S/C18H18ClFN2O3/c1-12(23)22(16-9-14(19)7-8-17(16)25-2)11-18(24)21-10-13-5-3-4-6-15(13)20/h3-9H,10-11H2,1-2H3,(H,21,24). The van der Waals surface area contributed by atoms with Gasteiger partial charge < -0.3 is 10.1 Å². The fourth-order valence-electron chi connectivity index (χ4n) is 2.28. The van der Waals surface area contributed by atoms with E-state index in [9.17, 15) is 14.0 Å². The zero-order valence-electron chi connectivity index (χ0n) is 13.9. The maximum absolute atomic E-state index is 13.6. The molecule has 0 aromatic heterocycles. The van der Waals surface area contributed by atoms with E-state index in [1.54, 1.807) is 36.4 Å². The first-order valence-corrected chi connectivity index (χ1v) is 7.92. The van der Waals surface area contributed by atoms with Crippen molar-refractivity contribution >= 4 is 29.1 Å². The van der Waals surface area contributed by atoms with E-state index < -0.39 is 11.7 Å². The fourth-order valence-corrected chi connectivity index (χ4v) is 2.44. The summed E-state index contributed by atoms with van der Waals surface area (Å²) in [6, 6.07) is 10.9. The number of carbonyl (C=O) groups excluding carboxylic acids is 2. The number of amides is 2. The van der Waals surface area contributed by atoms with E-state index >= 15 is 0 Å². The summed E-state index contributed by atoms with van der Waals surface area (Å²) in [5, 5.41) is 3.01. The second-order valence-corrected chi connectivity index (χ2v) is 5.73. The van der Waals surface area contributed by atoms with Crippen molar-refractivity contribution in [2.24, 2.45) is 0 Å². The van der Waals surface area contributed by atoms with Gasteiger partial charge in [-0.2, -0.15) is 0 Å². The number of ether oxygens (including phenoxy) is 1. The van der Waals surface area contributed by atoms with Crippen LogP contribution in [0.15, 0.2) is 42.5 Å². The summed E-state index contributed by atoms with van der Waals surface area (Å²) in [7, 11) is 1.46. The third kappa shape index (κ3) is 4.93. The van der Waals surface area contributed by atoms with Crippen molar-refractivity contribution in [3.8, 4) is 5.75 Å². The minimum absolute atomic E-state index is 0.0317. The smallest absolute Gasteiger partial charge is 0.240 e. The molecule has 1 N–H and O–H groups in total. The quantitative estimate of drug-likeness (QED) is 0.856. The first kappa shape index (κ1) is 18.7. The van der Waals surface area contributed by atoms with E-state index in [2.05, 4.69) is 5.32 Å². The number of rotatable bonds is 6. The fraction of sp³-hybridized carbons (Fsp3) is 0.222. The number of methoxy groups -OCH3 is 1. The molecule has 25 heavy (non-hydrogen) atoms. The summed E-state index contributed by atoms with van der Waals surface area (Å²) in [5.74, 6) is -0.758. The molecule has 0 spiro atoms. The van der Waals surface area contributed by atoms with Crippen molar-refractivity contribution in [3.63, 3.8) is 0 Å². The normalized spacial score (nSPS) is 10.2. The molecule has 0 atom stereocenters. The van der Waals surface area contributed by atoms with Gasteiger partial charge >= 0.3 is 0 Å². The van der Waals surface area contributed by atoms with E-state index in [4.69, 9.17) is 16.3 Å². The van der Waals surface area contributed by atoms with Crippen LogP contribution in [0.25, 0.3) is 0 Å². The maximum atomic E-state index is 13.6. The summed E-state index contributed by atoms with van der Waals surface area (Å²) >= 11 is 5.98. The second-order valence-electron chi connectivity index (χ2n) is 5.29. The predicted octanol–water partition coefficient (Wildman–Crippen LogP) is 3.16. The number of nitrogens with one attached hydrogen (secondary N) is 1. The molecule has 0 saturated carbocycles. The Morgan fingerprint density at radius 1 is 1.24 bits per heavy atom. The van der Waals surface area contributed by atoms with Gasteiger partial charge in [0.2, 0.25) is 11.8 Å². The second kappa shape index (κ2) is 8.48. The summed E-state index contributed by atoms with van der Waals surface area (Å²) in [6.07, 6.45) is 0. The van der Waals surface area contributed by atoms with Crippen molar-refractivity contribution in [1.29, 1.82) is 0 Å². The van der Waals surface area contributed by atoms with Crippen molar-refractivity contribution in [2.75, 3.05) is 18.6 Å². The van der Waals surface area contributed by atoms with Gasteiger partial charge in [0.25, 0.3) is 0 Å². The molecule has 2 amide bonds. The summed E-state index contributed by atoms with van der Waals surface area (Å²) < 4.78 is 18.8. The molecule has 0 fully saturated rings. The lowest BCUT2D eigenvalue weighted by Gasteiger charge is -2.23. The lowest BCUT2D eigenvalue weighted by atomic mass is 10.2. The molecule has 0 aliphatic carbocycles. The van der Waals surface area contributed by atoms with Gasteiger partial charge in [-0.3, -0.25) is 14.5 Å². The highest BCUT2D eigenvalue weighted by Gasteiger charge is 2.20. The van der Waals surface area contributed by atoms with E-state index in [-0.39, 0.29) is 19.0 Å². The number of benzene rings is 2. The summed E-state index contributed by atoms with van der Waals surface area (Å²) in [6.45, 7) is 1.13. The molecule has 0 unspecified atom stereocenters. The van der Waals surface area contributed by atoms with Gasteiger partial charge in [0.05, 0.1) is 12.8 Å². The first-order chi connectivity index (χ1) is 11.9. The van der Waals surface area contributed by atoms with Crippen molar-refractivity contribution in [2.45, 2.75) is 13.5 Å². The molecule has 2 aromatic rings. The Hall–Kier alpha value is -2.60. The van der Waals surface area contributed by atoms with Gasteiger partial charge in [-0.1, -0.05) is 29.8 Å². The Kier molecular flexibility index (Phi) is 6.36. The highest BCUT2D eigenvalue weighted by molar-refractivity contribution is 6.31. The van der Waals surface area contributed by atoms with E-state index in [0.29, 0.717) is 22.0 Å². The SMILES string of the molecule is COc1ccc(Cl)cc1N(CC(=O)NCc1ccccc1F)C(C)=O. The molecule has 0 heterocycles. The number of hydrogen-bond acceptors (Lipinski definition) is 3. The number of carbonyl (C=O) groups is 2.